The van der Waals surface area contributed by atoms with Gasteiger partial charge in [-0.05, 0) is 12.1 Å². The van der Waals surface area contributed by atoms with Crippen molar-refractivity contribution in [1.82, 2.24) is 14.8 Å². The van der Waals surface area contributed by atoms with Crippen LogP contribution in [-0.4, -0.2) is 27.8 Å². The molecular weight excluding hydrogens is 256 g/mol. The van der Waals surface area contributed by atoms with Crippen molar-refractivity contribution < 1.29 is 9.53 Å². The van der Waals surface area contributed by atoms with Gasteiger partial charge in [0.25, 0.3) is 5.91 Å². The second kappa shape index (κ2) is 5.05. The van der Waals surface area contributed by atoms with Crippen molar-refractivity contribution >= 4 is 23.2 Å². The van der Waals surface area contributed by atoms with Crippen molar-refractivity contribution in [3.63, 3.8) is 0 Å². The Labute approximate surface area is 109 Å². The van der Waals surface area contributed by atoms with E-state index in [0.717, 1.165) is 0 Å². The van der Waals surface area contributed by atoms with Gasteiger partial charge in [-0.3, -0.25) is 4.79 Å². The number of aromatic nitrogens is 3. The fourth-order valence-corrected chi connectivity index (χ4v) is 1.58. The quantitative estimate of drug-likeness (QED) is 0.859. The number of amides is 1. The minimum atomic E-state index is -0.371. The van der Waals surface area contributed by atoms with E-state index >= 15 is 0 Å². The molecule has 0 spiro atoms. The molecule has 0 unspecified atom stereocenters. The Morgan fingerprint density at radius 3 is 2.94 bits per heavy atom. The molecule has 0 atom stereocenters. The molecule has 0 aromatic carbocycles. The average Bonchev–Trinajstić information content (AvgIpc) is 2.73. The zero-order valence-corrected chi connectivity index (χ0v) is 10.6. The summed E-state index contributed by atoms with van der Waals surface area (Å²) < 4.78 is 6.50. The first-order chi connectivity index (χ1) is 8.61. The summed E-state index contributed by atoms with van der Waals surface area (Å²) in [5, 5.41) is 6.88. The molecule has 2 aromatic rings. The van der Waals surface area contributed by atoms with Crippen LogP contribution in [0.15, 0.2) is 24.4 Å². The molecule has 0 aliphatic carbocycles. The highest BCUT2D eigenvalue weighted by Crippen LogP contribution is 2.19. The lowest BCUT2D eigenvalue weighted by Gasteiger charge is -2.03. The third kappa shape index (κ3) is 2.43. The Kier molecular flexibility index (Phi) is 3.47. The Hall–Kier alpha value is -2.08. The molecule has 7 heteroatoms. The first kappa shape index (κ1) is 12.4. The third-order valence-corrected chi connectivity index (χ3v) is 2.59. The maximum Gasteiger partial charge on any atom is 0.276 e. The van der Waals surface area contributed by atoms with Gasteiger partial charge in [0.1, 0.15) is 0 Å². The smallest absolute Gasteiger partial charge is 0.276 e. The van der Waals surface area contributed by atoms with Crippen molar-refractivity contribution in [2.45, 2.75) is 0 Å². The van der Waals surface area contributed by atoms with E-state index < -0.39 is 0 Å². The van der Waals surface area contributed by atoms with Gasteiger partial charge >= 0.3 is 0 Å². The van der Waals surface area contributed by atoms with Gasteiger partial charge in [-0.15, -0.1) is 0 Å². The van der Waals surface area contributed by atoms with Crippen LogP contribution < -0.4 is 10.1 Å². The van der Waals surface area contributed by atoms with E-state index in [1.165, 1.54) is 11.8 Å². The van der Waals surface area contributed by atoms with Crippen molar-refractivity contribution in [2.24, 2.45) is 7.05 Å². The number of methoxy groups -OCH3 is 1. The minimum absolute atomic E-state index is 0.230. The van der Waals surface area contributed by atoms with Crippen LogP contribution in [-0.2, 0) is 7.05 Å². The number of carbonyl (C=O) groups is 1. The number of nitrogens with one attached hydrogen (secondary N) is 1. The van der Waals surface area contributed by atoms with Gasteiger partial charge in [-0.2, -0.15) is 5.10 Å². The number of hydrogen-bond acceptors (Lipinski definition) is 4. The van der Waals surface area contributed by atoms with Crippen molar-refractivity contribution in [1.29, 1.82) is 0 Å². The number of rotatable bonds is 3. The van der Waals surface area contributed by atoms with Gasteiger partial charge in [-0.1, -0.05) is 11.6 Å². The van der Waals surface area contributed by atoms with E-state index in [1.807, 2.05) is 0 Å². The lowest BCUT2D eigenvalue weighted by atomic mass is 10.3. The molecule has 1 N–H and O–H groups in total. The molecule has 2 rings (SSSR count). The molecule has 94 valence electrons. The molecule has 1 amide bonds. The first-order valence-electron chi connectivity index (χ1n) is 5.11. The number of pyridine rings is 1. The normalized spacial score (nSPS) is 10.2. The van der Waals surface area contributed by atoms with Gasteiger partial charge in [0.2, 0.25) is 5.88 Å². The number of carbonyl (C=O) groups excluding carboxylic acids is 1. The summed E-state index contributed by atoms with van der Waals surface area (Å²) in [5.41, 5.74) is 0.683. The summed E-state index contributed by atoms with van der Waals surface area (Å²) in [6.45, 7) is 0. The molecule has 6 nitrogen and oxygen atoms in total. The minimum Gasteiger partial charge on any atom is -0.481 e. The maximum atomic E-state index is 11.9. The molecule has 0 aliphatic heterocycles. The standard InChI is InChI=1S/C11H11ClN4O2/c1-16-9(18-2)6-8(15-16)11(17)14-7-4-3-5-13-10(7)12/h3-6H,1-2H3,(H,14,17). The van der Waals surface area contributed by atoms with Crippen LogP contribution >= 0.6 is 11.6 Å². The van der Waals surface area contributed by atoms with Crippen LogP contribution in [0, 0.1) is 0 Å². The van der Waals surface area contributed by atoms with Crippen molar-refractivity contribution in [3.8, 4) is 5.88 Å². The average molecular weight is 267 g/mol. The van der Waals surface area contributed by atoms with Crippen LogP contribution in [0.5, 0.6) is 5.88 Å². The van der Waals surface area contributed by atoms with Crippen LogP contribution in [0.3, 0.4) is 0 Å². The highest BCUT2D eigenvalue weighted by atomic mass is 35.5. The summed E-state index contributed by atoms with van der Waals surface area (Å²) >= 11 is 5.84. The van der Waals surface area contributed by atoms with E-state index in [4.69, 9.17) is 16.3 Å². The Morgan fingerprint density at radius 2 is 2.33 bits per heavy atom. The molecule has 0 saturated heterocycles. The highest BCUT2D eigenvalue weighted by Gasteiger charge is 2.14. The second-order valence-electron chi connectivity index (χ2n) is 3.49. The van der Waals surface area contributed by atoms with Crippen LogP contribution in [0.1, 0.15) is 10.5 Å². The molecule has 0 fully saturated rings. The van der Waals surface area contributed by atoms with E-state index in [-0.39, 0.29) is 16.8 Å². The van der Waals surface area contributed by atoms with Gasteiger partial charge in [0, 0.05) is 19.3 Å². The van der Waals surface area contributed by atoms with Crippen molar-refractivity contribution in [2.75, 3.05) is 12.4 Å². The van der Waals surface area contributed by atoms with E-state index in [0.29, 0.717) is 11.6 Å². The second-order valence-corrected chi connectivity index (χ2v) is 3.85. The lowest BCUT2D eigenvalue weighted by molar-refractivity contribution is 0.102. The summed E-state index contributed by atoms with van der Waals surface area (Å²) in [6, 6.07) is 4.88. The molecule has 18 heavy (non-hydrogen) atoms. The molecule has 2 heterocycles. The molecule has 0 radical (unpaired) electrons. The Balaban J connectivity index is 2.19. The molecule has 0 saturated carbocycles. The number of aryl methyl sites for hydroxylation is 1. The summed E-state index contributed by atoms with van der Waals surface area (Å²) in [4.78, 5) is 15.8. The van der Waals surface area contributed by atoms with Gasteiger partial charge in [0.05, 0.1) is 12.8 Å². The number of anilines is 1. The van der Waals surface area contributed by atoms with Gasteiger partial charge in [0.15, 0.2) is 10.8 Å². The monoisotopic (exact) mass is 266 g/mol. The molecule has 0 bridgehead atoms. The summed E-state index contributed by atoms with van der Waals surface area (Å²) in [6.07, 6.45) is 1.54. The van der Waals surface area contributed by atoms with Crippen molar-refractivity contribution in [3.05, 3.63) is 35.2 Å². The fraction of sp³-hybridized carbons (Fsp3) is 0.182. The largest absolute Gasteiger partial charge is 0.481 e. The highest BCUT2D eigenvalue weighted by molar-refractivity contribution is 6.32. The molecular formula is C11H11ClN4O2. The van der Waals surface area contributed by atoms with Crippen LogP contribution in [0.4, 0.5) is 5.69 Å². The number of nitrogens with zero attached hydrogens (tertiary/aromatic N) is 3. The van der Waals surface area contributed by atoms with Crippen LogP contribution in [0.25, 0.3) is 0 Å². The number of halogens is 1. The van der Waals surface area contributed by atoms with Gasteiger partial charge in [-0.25, -0.2) is 9.67 Å². The summed E-state index contributed by atoms with van der Waals surface area (Å²) in [7, 11) is 3.20. The molecule has 0 aliphatic rings. The number of ether oxygens (including phenoxy) is 1. The Bertz CT molecular complexity index is 582. The Morgan fingerprint density at radius 1 is 1.56 bits per heavy atom. The lowest BCUT2D eigenvalue weighted by Crippen LogP contribution is -2.13. The predicted molar refractivity (Wildman–Crippen MR) is 67.0 cm³/mol. The SMILES string of the molecule is COc1cc(C(=O)Nc2cccnc2Cl)nn1C. The topological polar surface area (TPSA) is 69.0 Å². The summed E-state index contributed by atoms with van der Waals surface area (Å²) in [5.74, 6) is 0.126. The zero-order chi connectivity index (χ0) is 13.1. The van der Waals surface area contributed by atoms with E-state index in [1.54, 1.807) is 31.4 Å². The van der Waals surface area contributed by atoms with E-state index in [9.17, 15) is 4.79 Å². The fourth-order valence-electron chi connectivity index (χ4n) is 1.42. The maximum absolute atomic E-state index is 11.9. The third-order valence-electron chi connectivity index (χ3n) is 2.29. The van der Waals surface area contributed by atoms with Crippen LogP contribution in [0.2, 0.25) is 5.15 Å². The first-order valence-corrected chi connectivity index (χ1v) is 5.49. The van der Waals surface area contributed by atoms with E-state index in [2.05, 4.69) is 15.4 Å². The number of hydrogen-bond donors (Lipinski definition) is 1. The molecule has 2 aromatic heterocycles. The predicted octanol–water partition coefficient (Wildman–Crippen LogP) is 1.73. The zero-order valence-electron chi connectivity index (χ0n) is 9.85. The van der Waals surface area contributed by atoms with Gasteiger partial charge < -0.3 is 10.1 Å².